The number of benzene rings is 3. The van der Waals surface area contributed by atoms with Gasteiger partial charge in [0.25, 0.3) is 0 Å². The fraction of sp³-hybridized carbons (Fsp3) is 0.333. The van der Waals surface area contributed by atoms with Crippen molar-refractivity contribution < 1.29 is 31.2 Å². The van der Waals surface area contributed by atoms with Gasteiger partial charge in [0, 0.05) is 12.8 Å². The number of rotatable bonds is 12. The first-order valence-electron chi connectivity index (χ1n) is 13.1. The summed E-state index contributed by atoms with van der Waals surface area (Å²) in [4.78, 5) is 25.3. The van der Waals surface area contributed by atoms with E-state index in [2.05, 4.69) is 16.0 Å². The molecule has 0 aliphatic rings. The Morgan fingerprint density at radius 1 is 0.829 bits per heavy atom. The molecule has 0 aliphatic heterocycles. The Morgan fingerprint density at radius 2 is 1.39 bits per heavy atom. The largest absolute Gasteiger partial charge is 0.407 e. The van der Waals surface area contributed by atoms with E-state index in [9.17, 15) is 31.2 Å². The van der Waals surface area contributed by atoms with E-state index in [0.29, 0.717) is 11.1 Å². The Hall–Kier alpha value is -3.70. The highest BCUT2D eigenvalue weighted by atomic mass is 32.2. The van der Waals surface area contributed by atoms with Gasteiger partial charge in [0.15, 0.2) is 9.84 Å². The average molecular weight is 590 g/mol. The van der Waals surface area contributed by atoms with E-state index in [0.717, 1.165) is 11.8 Å². The van der Waals surface area contributed by atoms with Crippen LogP contribution in [0.1, 0.15) is 37.4 Å². The minimum absolute atomic E-state index is 0.0869. The second-order valence-corrected chi connectivity index (χ2v) is 12.2. The van der Waals surface area contributed by atoms with Gasteiger partial charge in [0.2, 0.25) is 11.8 Å². The number of carbonyl (C=O) groups excluding carboxylic acids is 2. The van der Waals surface area contributed by atoms with Crippen LogP contribution in [0.3, 0.4) is 0 Å². The van der Waals surface area contributed by atoms with E-state index < -0.39 is 39.9 Å². The maximum Gasteiger partial charge on any atom is 0.407 e. The molecule has 3 N–H and O–H groups in total. The molecule has 0 unspecified atom stereocenters. The molecule has 0 fully saturated rings. The lowest BCUT2D eigenvalue weighted by Crippen LogP contribution is -2.51. The SMILES string of the molecule is CC(C)C[C@H](N[C@@H](c1ccc(-c2ccc(S(C)(=O)=O)cc2)cc1)C(F)(F)F)C(=O)NCC(=O)NCc1ccccc1. The molecule has 0 spiro atoms. The summed E-state index contributed by atoms with van der Waals surface area (Å²) in [5.41, 5.74) is 2.03. The Morgan fingerprint density at radius 3 is 1.90 bits per heavy atom. The van der Waals surface area contributed by atoms with E-state index in [4.69, 9.17) is 0 Å². The molecule has 0 bridgehead atoms. The Kier molecular flexibility index (Phi) is 10.7. The van der Waals surface area contributed by atoms with Crippen molar-refractivity contribution in [2.24, 2.45) is 5.92 Å². The van der Waals surface area contributed by atoms with Gasteiger partial charge in [0.05, 0.1) is 17.5 Å². The van der Waals surface area contributed by atoms with Crippen molar-refractivity contribution in [2.75, 3.05) is 12.8 Å². The van der Waals surface area contributed by atoms with Crippen LogP contribution >= 0.6 is 0 Å². The van der Waals surface area contributed by atoms with Crippen LogP contribution in [0.2, 0.25) is 0 Å². The highest BCUT2D eigenvalue weighted by Gasteiger charge is 2.43. The summed E-state index contributed by atoms with van der Waals surface area (Å²) in [6.45, 7) is 3.48. The zero-order chi connectivity index (χ0) is 30.2. The van der Waals surface area contributed by atoms with Crippen molar-refractivity contribution in [1.29, 1.82) is 0 Å². The van der Waals surface area contributed by atoms with E-state index in [1.54, 1.807) is 26.0 Å². The quantitative estimate of drug-likeness (QED) is 0.282. The maximum atomic E-state index is 14.2. The minimum Gasteiger partial charge on any atom is -0.350 e. The molecule has 0 saturated carbocycles. The fourth-order valence-corrected chi connectivity index (χ4v) is 4.85. The topological polar surface area (TPSA) is 104 Å². The van der Waals surface area contributed by atoms with Crippen molar-refractivity contribution in [2.45, 2.75) is 50.0 Å². The molecule has 0 radical (unpaired) electrons. The third-order valence-corrected chi connectivity index (χ3v) is 7.46. The van der Waals surface area contributed by atoms with Crippen molar-refractivity contribution in [3.63, 3.8) is 0 Å². The van der Waals surface area contributed by atoms with Crippen LogP contribution in [0.5, 0.6) is 0 Å². The van der Waals surface area contributed by atoms with Crippen LogP contribution in [0.25, 0.3) is 11.1 Å². The molecule has 0 heterocycles. The molecule has 2 atom stereocenters. The summed E-state index contributed by atoms with van der Waals surface area (Å²) >= 11 is 0. The smallest absolute Gasteiger partial charge is 0.350 e. The number of nitrogens with one attached hydrogen (secondary N) is 3. The molecule has 3 aromatic rings. The van der Waals surface area contributed by atoms with Gasteiger partial charge in [-0.25, -0.2) is 8.42 Å². The summed E-state index contributed by atoms with van der Waals surface area (Å²) < 4.78 is 66.0. The number of sulfone groups is 1. The monoisotopic (exact) mass is 589 g/mol. The molecule has 3 aromatic carbocycles. The van der Waals surface area contributed by atoms with Crippen LogP contribution in [0.15, 0.2) is 83.8 Å². The number of hydrogen-bond donors (Lipinski definition) is 3. The summed E-state index contributed by atoms with van der Waals surface area (Å²) in [6, 6.07) is 17.6. The van der Waals surface area contributed by atoms with Gasteiger partial charge >= 0.3 is 6.18 Å². The second kappa shape index (κ2) is 13.8. The van der Waals surface area contributed by atoms with Gasteiger partial charge in [0.1, 0.15) is 6.04 Å². The lowest BCUT2D eigenvalue weighted by atomic mass is 9.97. The first-order chi connectivity index (χ1) is 19.2. The fourth-order valence-electron chi connectivity index (χ4n) is 4.22. The van der Waals surface area contributed by atoms with E-state index in [1.165, 1.54) is 36.4 Å². The second-order valence-electron chi connectivity index (χ2n) is 10.2. The zero-order valence-electron chi connectivity index (χ0n) is 23.0. The average Bonchev–Trinajstić information content (AvgIpc) is 2.92. The third-order valence-electron chi connectivity index (χ3n) is 6.33. The van der Waals surface area contributed by atoms with Gasteiger partial charge < -0.3 is 10.6 Å². The molecule has 3 rings (SSSR count). The van der Waals surface area contributed by atoms with Crippen molar-refractivity contribution in [3.8, 4) is 11.1 Å². The first-order valence-corrected chi connectivity index (χ1v) is 14.9. The first kappa shape index (κ1) is 31.8. The molecule has 7 nitrogen and oxygen atoms in total. The Balaban J connectivity index is 1.71. The third kappa shape index (κ3) is 9.72. The molecule has 0 aliphatic carbocycles. The number of alkyl halides is 3. The van der Waals surface area contributed by atoms with Crippen molar-refractivity contribution in [3.05, 3.63) is 90.0 Å². The van der Waals surface area contributed by atoms with Crippen molar-refractivity contribution >= 4 is 21.7 Å². The van der Waals surface area contributed by atoms with E-state index in [-0.39, 0.29) is 35.9 Å². The van der Waals surface area contributed by atoms with Crippen LogP contribution in [0, 0.1) is 5.92 Å². The van der Waals surface area contributed by atoms with Crippen LogP contribution in [-0.2, 0) is 26.0 Å². The van der Waals surface area contributed by atoms with Crippen LogP contribution < -0.4 is 16.0 Å². The van der Waals surface area contributed by atoms with Gasteiger partial charge in [-0.2, -0.15) is 13.2 Å². The van der Waals surface area contributed by atoms with Crippen molar-refractivity contribution in [1.82, 2.24) is 16.0 Å². The summed E-state index contributed by atoms with van der Waals surface area (Å²) in [7, 11) is -3.38. The predicted molar refractivity (Wildman–Crippen MR) is 151 cm³/mol. The van der Waals surface area contributed by atoms with Gasteiger partial charge in [-0.3, -0.25) is 14.9 Å². The molecule has 41 heavy (non-hydrogen) atoms. The standard InChI is InChI=1S/C30H34F3N3O4S/c1-20(2)17-26(29(38)35-19-27(37)34-18-21-7-5-4-6-8-21)36-28(30(31,32)33)24-11-9-22(10-12-24)23-13-15-25(16-14-23)41(3,39)40/h4-16,20,26,28,36H,17-19H2,1-3H3,(H,34,37)(H,35,38)/t26-,28-/m0/s1. The maximum absolute atomic E-state index is 14.2. The number of halogens is 3. The summed E-state index contributed by atoms with van der Waals surface area (Å²) in [6.07, 6.45) is -3.50. The number of carbonyl (C=O) groups is 2. The normalized spacial score (nSPS) is 13.4. The van der Waals surface area contributed by atoms with Gasteiger partial charge in [-0.1, -0.05) is 80.6 Å². The minimum atomic E-state index is -4.71. The molecular formula is C30H34F3N3O4S. The summed E-state index contributed by atoms with van der Waals surface area (Å²) in [5.74, 6) is -1.26. The summed E-state index contributed by atoms with van der Waals surface area (Å²) in [5, 5.41) is 7.60. The molecule has 0 aromatic heterocycles. The van der Waals surface area contributed by atoms with Gasteiger partial charge in [-0.05, 0) is 46.7 Å². The highest BCUT2D eigenvalue weighted by Crippen LogP contribution is 2.34. The molecule has 220 valence electrons. The predicted octanol–water partition coefficient (Wildman–Crippen LogP) is 4.80. The van der Waals surface area contributed by atoms with Gasteiger partial charge in [-0.15, -0.1) is 0 Å². The number of amides is 2. The van der Waals surface area contributed by atoms with E-state index >= 15 is 0 Å². The van der Waals surface area contributed by atoms with Crippen LogP contribution in [0.4, 0.5) is 13.2 Å². The zero-order valence-corrected chi connectivity index (χ0v) is 23.9. The Labute approximate surface area is 238 Å². The molecule has 2 amide bonds. The molecule has 11 heteroatoms. The number of hydrogen-bond acceptors (Lipinski definition) is 5. The van der Waals surface area contributed by atoms with E-state index in [1.807, 2.05) is 30.3 Å². The lowest BCUT2D eigenvalue weighted by Gasteiger charge is -2.28. The highest BCUT2D eigenvalue weighted by molar-refractivity contribution is 7.90. The molecular weight excluding hydrogens is 555 g/mol. The Bertz CT molecular complexity index is 1410. The molecule has 0 saturated heterocycles. The van der Waals surface area contributed by atoms with Crippen LogP contribution in [-0.4, -0.2) is 45.3 Å². The lowest BCUT2D eigenvalue weighted by molar-refractivity contribution is -0.161.